The van der Waals surface area contributed by atoms with Crippen LogP contribution in [0.3, 0.4) is 0 Å². The first-order valence-corrected chi connectivity index (χ1v) is 6.60. The van der Waals surface area contributed by atoms with Crippen LogP contribution in [0.2, 0.25) is 0 Å². The van der Waals surface area contributed by atoms with Crippen molar-refractivity contribution in [3.05, 3.63) is 23.5 Å². The van der Waals surface area contributed by atoms with E-state index in [4.69, 9.17) is 0 Å². The van der Waals surface area contributed by atoms with Crippen molar-refractivity contribution in [2.24, 2.45) is 0 Å². The molecule has 1 aliphatic heterocycles. The zero-order valence-electron chi connectivity index (χ0n) is 11.3. The minimum Gasteiger partial charge on any atom is -0.341 e. The number of aromatic nitrogens is 4. The maximum Gasteiger partial charge on any atom is 0.227 e. The van der Waals surface area contributed by atoms with Gasteiger partial charge in [0.15, 0.2) is 5.82 Å². The van der Waals surface area contributed by atoms with Crippen molar-refractivity contribution in [3.63, 3.8) is 0 Å². The molecule has 3 rings (SSSR count). The molecule has 0 aromatic carbocycles. The fraction of sp³-hybridized carbons (Fsp3) is 0.462. The molecule has 100 valence electrons. The van der Waals surface area contributed by atoms with Crippen LogP contribution in [0.5, 0.6) is 0 Å². The fourth-order valence-corrected chi connectivity index (χ4v) is 2.29. The van der Waals surface area contributed by atoms with Crippen LogP contribution in [0.25, 0.3) is 0 Å². The molecule has 0 bridgehead atoms. The molecule has 19 heavy (non-hydrogen) atoms. The third-order valence-corrected chi connectivity index (χ3v) is 3.19. The minimum atomic E-state index is 0.781. The average molecular weight is 258 g/mol. The maximum absolute atomic E-state index is 4.57. The lowest BCUT2D eigenvalue weighted by Gasteiger charge is -2.16. The van der Waals surface area contributed by atoms with Gasteiger partial charge in [-0.05, 0) is 26.7 Å². The molecule has 3 heterocycles. The smallest absolute Gasteiger partial charge is 0.227 e. The molecule has 0 aliphatic carbocycles. The predicted octanol–water partition coefficient (Wildman–Crippen LogP) is 2.16. The second-order valence-electron chi connectivity index (χ2n) is 4.95. The van der Waals surface area contributed by atoms with E-state index in [2.05, 4.69) is 30.4 Å². The Morgan fingerprint density at radius 1 is 1.11 bits per heavy atom. The number of anilines is 3. The van der Waals surface area contributed by atoms with Crippen LogP contribution < -0.4 is 10.2 Å². The number of H-pyrrole nitrogens is 1. The van der Waals surface area contributed by atoms with E-state index in [9.17, 15) is 0 Å². The highest BCUT2D eigenvalue weighted by Crippen LogP contribution is 2.20. The molecule has 6 heteroatoms. The van der Waals surface area contributed by atoms with Gasteiger partial charge in [0.05, 0.1) is 0 Å². The molecule has 2 aromatic heterocycles. The highest BCUT2D eigenvalue weighted by atomic mass is 15.3. The molecule has 0 unspecified atom stereocenters. The Balaban J connectivity index is 1.84. The van der Waals surface area contributed by atoms with E-state index in [1.165, 1.54) is 12.8 Å². The summed E-state index contributed by atoms with van der Waals surface area (Å²) in [5.74, 6) is 2.39. The third-order valence-electron chi connectivity index (χ3n) is 3.19. The number of rotatable bonds is 3. The normalized spacial score (nSPS) is 14.9. The van der Waals surface area contributed by atoms with Gasteiger partial charge in [0.2, 0.25) is 5.95 Å². The topological polar surface area (TPSA) is 69.7 Å². The molecule has 1 aliphatic rings. The summed E-state index contributed by atoms with van der Waals surface area (Å²) in [6.07, 6.45) is 2.44. The number of hydrogen-bond acceptors (Lipinski definition) is 5. The zero-order valence-corrected chi connectivity index (χ0v) is 11.3. The molecule has 1 fully saturated rings. The van der Waals surface area contributed by atoms with Gasteiger partial charge in [-0.15, -0.1) is 0 Å². The van der Waals surface area contributed by atoms with Crippen molar-refractivity contribution in [2.45, 2.75) is 26.7 Å². The van der Waals surface area contributed by atoms with Crippen LogP contribution in [0.15, 0.2) is 12.1 Å². The van der Waals surface area contributed by atoms with E-state index in [0.717, 1.165) is 42.1 Å². The van der Waals surface area contributed by atoms with Crippen molar-refractivity contribution in [1.82, 2.24) is 20.2 Å². The fourth-order valence-electron chi connectivity index (χ4n) is 2.29. The van der Waals surface area contributed by atoms with Crippen molar-refractivity contribution < 1.29 is 0 Å². The van der Waals surface area contributed by atoms with Crippen LogP contribution in [0.1, 0.15) is 24.2 Å². The summed E-state index contributed by atoms with van der Waals surface area (Å²) in [5, 5.41) is 10.3. The quantitative estimate of drug-likeness (QED) is 0.883. The average Bonchev–Trinajstić information content (AvgIpc) is 3.00. The van der Waals surface area contributed by atoms with Gasteiger partial charge >= 0.3 is 0 Å². The molecule has 2 aromatic rings. The van der Waals surface area contributed by atoms with Gasteiger partial charge in [-0.2, -0.15) is 10.1 Å². The molecule has 0 spiro atoms. The van der Waals surface area contributed by atoms with E-state index < -0.39 is 0 Å². The van der Waals surface area contributed by atoms with Crippen LogP contribution in [-0.2, 0) is 0 Å². The molecule has 0 radical (unpaired) electrons. The van der Waals surface area contributed by atoms with E-state index >= 15 is 0 Å². The SMILES string of the molecule is Cc1cc(Nc2cc(C)[nH]n2)nc(N2CCCC2)n1. The lowest BCUT2D eigenvalue weighted by Crippen LogP contribution is -2.21. The summed E-state index contributed by atoms with van der Waals surface area (Å²) < 4.78 is 0. The molecule has 0 amide bonds. The van der Waals surface area contributed by atoms with Crippen LogP contribution in [0.4, 0.5) is 17.6 Å². The van der Waals surface area contributed by atoms with Crippen LogP contribution in [0, 0.1) is 13.8 Å². The summed E-state index contributed by atoms with van der Waals surface area (Å²) in [4.78, 5) is 11.3. The van der Waals surface area contributed by atoms with E-state index in [-0.39, 0.29) is 0 Å². The Kier molecular flexibility index (Phi) is 3.06. The molecule has 2 N–H and O–H groups in total. The van der Waals surface area contributed by atoms with Gasteiger partial charge in [-0.25, -0.2) is 4.98 Å². The minimum absolute atomic E-state index is 0.781. The van der Waals surface area contributed by atoms with Crippen molar-refractivity contribution in [2.75, 3.05) is 23.3 Å². The number of hydrogen-bond donors (Lipinski definition) is 2. The lowest BCUT2D eigenvalue weighted by molar-refractivity contribution is 0.890. The molecular weight excluding hydrogens is 240 g/mol. The van der Waals surface area contributed by atoms with E-state index in [0.29, 0.717) is 0 Å². The van der Waals surface area contributed by atoms with Crippen molar-refractivity contribution in [3.8, 4) is 0 Å². The van der Waals surface area contributed by atoms with Gasteiger partial charge in [0.25, 0.3) is 0 Å². The highest BCUT2D eigenvalue weighted by molar-refractivity contribution is 5.54. The first-order chi connectivity index (χ1) is 9.20. The summed E-state index contributed by atoms with van der Waals surface area (Å²) in [7, 11) is 0. The summed E-state index contributed by atoms with van der Waals surface area (Å²) in [6.45, 7) is 6.05. The summed E-state index contributed by atoms with van der Waals surface area (Å²) in [5.41, 5.74) is 1.99. The number of nitrogens with one attached hydrogen (secondary N) is 2. The van der Waals surface area contributed by atoms with Gasteiger partial charge < -0.3 is 10.2 Å². The summed E-state index contributed by atoms with van der Waals surface area (Å²) >= 11 is 0. The first kappa shape index (κ1) is 12.0. The first-order valence-electron chi connectivity index (χ1n) is 6.60. The van der Waals surface area contributed by atoms with E-state index in [1.807, 2.05) is 26.0 Å². The third kappa shape index (κ3) is 2.67. The molecular formula is C13H18N6. The van der Waals surface area contributed by atoms with Crippen molar-refractivity contribution >= 4 is 17.6 Å². The standard InChI is InChI=1S/C13H18N6/c1-9-7-11(15-12-8-10(2)17-18-12)16-13(14-9)19-5-3-4-6-19/h7-8H,3-6H2,1-2H3,(H2,14,15,16,17,18). The van der Waals surface area contributed by atoms with Gasteiger partial charge in [0.1, 0.15) is 5.82 Å². The van der Waals surface area contributed by atoms with Gasteiger partial charge in [-0.3, -0.25) is 5.10 Å². The zero-order chi connectivity index (χ0) is 13.2. The van der Waals surface area contributed by atoms with Gasteiger partial charge in [-0.1, -0.05) is 0 Å². The maximum atomic E-state index is 4.57. The van der Waals surface area contributed by atoms with Crippen molar-refractivity contribution in [1.29, 1.82) is 0 Å². The predicted molar refractivity (Wildman–Crippen MR) is 74.8 cm³/mol. The Hall–Kier alpha value is -2.11. The lowest BCUT2D eigenvalue weighted by atomic mass is 10.4. The van der Waals surface area contributed by atoms with Crippen LogP contribution in [-0.4, -0.2) is 33.3 Å². The second kappa shape index (κ2) is 4.87. The molecule has 0 atom stereocenters. The van der Waals surface area contributed by atoms with Gasteiger partial charge in [0, 0.05) is 36.6 Å². The molecule has 6 nitrogen and oxygen atoms in total. The number of aryl methyl sites for hydroxylation is 2. The summed E-state index contributed by atoms with van der Waals surface area (Å²) in [6, 6.07) is 3.89. The Morgan fingerprint density at radius 3 is 2.58 bits per heavy atom. The Morgan fingerprint density at radius 2 is 1.89 bits per heavy atom. The largest absolute Gasteiger partial charge is 0.341 e. The Bertz CT molecular complexity index is 570. The second-order valence-corrected chi connectivity index (χ2v) is 4.95. The van der Waals surface area contributed by atoms with E-state index in [1.54, 1.807) is 0 Å². The Labute approximate surface area is 112 Å². The molecule has 1 saturated heterocycles. The number of aromatic amines is 1. The van der Waals surface area contributed by atoms with Crippen LogP contribution >= 0.6 is 0 Å². The number of nitrogens with zero attached hydrogens (tertiary/aromatic N) is 4. The highest BCUT2D eigenvalue weighted by Gasteiger charge is 2.16. The molecule has 0 saturated carbocycles. The monoisotopic (exact) mass is 258 g/mol.